The highest BCUT2D eigenvalue weighted by molar-refractivity contribution is 7.29. The zero-order valence-corrected chi connectivity index (χ0v) is 35.7. The molecule has 1 atom stereocenters. The van der Waals surface area contributed by atoms with Crippen LogP contribution in [-0.2, 0) is 30.5 Å². The molecule has 0 aliphatic rings. The maximum absolute atomic E-state index is 12.0. The van der Waals surface area contributed by atoms with Gasteiger partial charge in [-0.15, -0.1) is 56.7 Å². The van der Waals surface area contributed by atoms with E-state index in [1.54, 1.807) is 23.8 Å². The predicted octanol–water partition coefficient (Wildman–Crippen LogP) is 15.0. The molecule has 5 rings (SSSR count). The Kier molecular flexibility index (Phi) is 16.7. The Labute approximate surface area is 333 Å². The molecule has 1 N–H and O–H groups in total. The molecule has 278 valence electrons. The summed E-state index contributed by atoms with van der Waals surface area (Å²) in [6.45, 7) is 16.2. The van der Waals surface area contributed by atoms with Gasteiger partial charge in [0, 0.05) is 62.2 Å². The van der Waals surface area contributed by atoms with E-state index in [0.29, 0.717) is 6.54 Å². The highest BCUT2D eigenvalue weighted by atomic mass is 32.1. The minimum Gasteiger partial charge on any atom is -0.349 e. The van der Waals surface area contributed by atoms with Gasteiger partial charge in [0.2, 0.25) is 0 Å². The molecule has 0 radical (unpaired) electrons. The van der Waals surface area contributed by atoms with E-state index in [1.165, 1.54) is 144 Å². The fourth-order valence-corrected chi connectivity index (χ4v) is 12.4. The summed E-state index contributed by atoms with van der Waals surface area (Å²) < 4.78 is 0. The van der Waals surface area contributed by atoms with Gasteiger partial charge in [-0.2, -0.15) is 0 Å². The molecule has 5 heterocycles. The lowest BCUT2D eigenvalue weighted by Crippen LogP contribution is -2.32. The largest absolute Gasteiger partial charge is 0.349 e. The van der Waals surface area contributed by atoms with Crippen molar-refractivity contribution in [2.45, 2.75) is 136 Å². The molecule has 0 spiro atoms. The molecule has 0 bridgehead atoms. The maximum atomic E-state index is 12.0. The molecule has 0 fully saturated rings. The Bertz CT molecular complexity index is 1860. The number of nitrogens with one attached hydrogen (secondary N) is 1. The second-order valence-corrected chi connectivity index (χ2v) is 19.4. The van der Waals surface area contributed by atoms with Crippen molar-refractivity contribution >= 4 is 62.6 Å². The van der Waals surface area contributed by atoms with Crippen molar-refractivity contribution in [3.05, 3.63) is 80.8 Å². The van der Waals surface area contributed by atoms with Crippen LogP contribution in [0.25, 0.3) is 43.9 Å². The zero-order valence-electron chi connectivity index (χ0n) is 31.6. The van der Waals surface area contributed by atoms with Crippen LogP contribution in [-0.4, -0.2) is 18.5 Å². The van der Waals surface area contributed by atoms with Gasteiger partial charge in [-0.05, 0) is 105 Å². The summed E-state index contributed by atoms with van der Waals surface area (Å²) in [4.78, 5) is 29.3. The monoisotopic (exact) mass is 788 g/mol. The lowest BCUT2D eigenvalue weighted by atomic mass is 10.0. The maximum Gasteiger partial charge on any atom is 0.302 e. The average Bonchev–Trinajstić information content (AvgIpc) is 4.00. The number of carbonyl (C=O) groups excluding carboxylic acids is 1. The second kappa shape index (κ2) is 21.4. The Morgan fingerprint density at radius 1 is 0.577 bits per heavy atom. The third kappa shape index (κ3) is 11.5. The molecule has 3 nitrogen and oxygen atoms in total. The van der Waals surface area contributed by atoms with Gasteiger partial charge < -0.3 is 10.2 Å². The number of hydrogen-bond acceptors (Lipinski definition) is 6. The van der Waals surface area contributed by atoms with E-state index >= 15 is 0 Å². The van der Waals surface area contributed by atoms with Gasteiger partial charge in [0.25, 0.3) is 6.04 Å². The third-order valence-corrected chi connectivity index (χ3v) is 16.1. The first kappa shape index (κ1) is 40.6. The lowest BCUT2D eigenvalue weighted by Gasteiger charge is -2.02. The van der Waals surface area contributed by atoms with Crippen molar-refractivity contribution < 1.29 is 4.79 Å². The van der Waals surface area contributed by atoms with E-state index < -0.39 is 6.04 Å². The van der Waals surface area contributed by atoms with Crippen molar-refractivity contribution in [3.8, 4) is 39.0 Å². The van der Waals surface area contributed by atoms with E-state index in [1.807, 2.05) is 45.3 Å². The van der Waals surface area contributed by atoms with Crippen LogP contribution in [0.1, 0.15) is 126 Å². The first-order chi connectivity index (χ1) is 25.4. The summed E-state index contributed by atoms with van der Waals surface area (Å²) in [5.41, 5.74) is 3.07. The minimum absolute atomic E-state index is 0.189. The first-order valence-electron chi connectivity index (χ1n) is 19.6. The molecule has 8 heteroatoms. The van der Waals surface area contributed by atoms with Crippen LogP contribution in [0.4, 0.5) is 0 Å². The number of carbonyl (C=O) groups is 1. The molecule has 5 aromatic rings. The van der Waals surface area contributed by atoms with E-state index in [0.717, 1.165) is 12.8 Å². The van der Waals surface area contributed by atoms with Crippen molar-refractivity contribution in [1.29, 1.82) is 0 Å². The summed E-state index contributed by atoms with van der Waals surface area (Å²) in [5, 5.41) is 2.90. The minimum atomic E-state index is -0.628. The van der Waals surface area contributed by atoms with Crippen LogP contribution in [0.5, 0.6) is 0 Å². The van der Waals surface area contributed by atoms with Crippen molar-refractivity contribution in [3.63, 3.8) is 0 Å². The van der Waals surface area contributed by atoms with Crippen molar-refractivity contribution in [2.75, 3.05) is 6.54 Å². The summed E-state index contributed by atoms with van der Waals surface area (Å²) >= 11 is 9.77. The number of rotatable bonds is 23. The lowest BCUT2D eigenvalue weighted by molar-refractivity contribution is -0.121. The number of amides is 1. The number of unbranched alkanes of at least 4 members (excludes halogenated alkanes) is 9. The van der Waals surface area contributed by atoms with E-state index in [-0.39, 0.29) is 5.91 Å². The quantitative estimate of drug-likeness (QED) is 0.0519. The zero-order chi connectivity index (χ0) is 36.7. The van der Waals surface area contributed by atoms with E-state index in [9.17, 15) is 4.79 Å². The van der Waals surface area contributed by atoms with Crippen LogP contribution in [0.15, 0.2) is 48.5 Å². The molecule has 0 aromatic carbocycles. The third-order valence-electron chi connectivity index (χ3n) is 9.60. The second-order valence-electron chi connectivity index (χ2n) is 13.9. The van der Waals surface area contributed by atoms with E-state index in [4.69, 9.17) is 6.57 Å². The topological polar surface area (TPSA) is 33.5 Å². The first-order valence-corrected chi connectivity index (χ1v) is 23.7. The smallest absolute Gasteiger partial charge is 0.302 e. The Balaban J connectivity index is 1.38. The molecule has 52 heavy (non-hydrogen) atoms. The molecule has 0 aliphatic heterocycles. The molecule has 1 amide bonds. The normalized spacial score (nSPS) is 12.0. The highest BCUT2D eigenvalue weighted by Crippen LogP contribution is 2.48. The van der Waals surface area contributed by atoms with Gasteiger partial charge in [-0.1, -0.05) is 78.6 Å². The van der Waals surface area contributed by atoms with Crippen LogP contribution in [0.2, 0.25) is 0 Å². The predicted molar refractivity (Wildman–Crippen MR) is 234 cm³/mol. The van der Waals surface area contributed by atoms with Gasteiger partial charge in [-0.3, -0.25) is 4.79 Å². The number of aryl methyl sites for hydroxylation is 3. The molecule has 0 saturated carbocycles. The summed E-state index contributed by atoms with van der Waals surface area (Å²) in [7, 11) is 0. The molecular formula is C44H56N2OS5. The van der Waals surface area contributed by atoms with Crippen molar-refractivity contribution in [1.82, 2.24) is 5.32 Å². The molecule has 0 unspecified atom stereocenters. The van der Waals surface area contributed by atoms with Crippen LogP contribution in [0, 0.1) is 6.57 Å². The van der Waals surface area contributed by atoms with Gasteiger partial charge in [0.1, 0.15) is 0 Å². The molecular weight excluding hydrogens is 733 g/mol. The van der Waals surface area contributed by atoms with Gasteiger partial charge in [0.05, 0.1) is 0 Å². The Hall–Kier alpha value is -2.54. The fourth-order valence-electron chi connectivity index (χ4n) is 6.49. The average molecular weight is 789 g/mol. The van der Waals surface area contributed by atoms with Gasteiger partial charge in [-0.25, -0.2) is 6.57 Å². The van der Waals surface area contributed by atoms with Crippen LogP contribution in [0.3, 0.4) is 0 Å². The van der Waals surface area contributed by atoms with Crippen LogP contribution < -0.4 is 5.32 Å². The van der Waals surface area contributed by atoms with Gasteiger partial charge >= 0.3 is 5.91 Å². The number of nitrogens with zero attached hydrogens (tertiary/aromatic N) is 1. The molecule has 5 aromatic heterocycles. The van der Waals surface area contributed by atoms with E-state index in [2.05, 4.69) is 79.5 Å². The van der Waals surface area contributed by atoms with Crippen molar-refractivity contribution in [2.24, 2.45) is 0 Å². The molecule has 0 aliphatic carbocycles. The Morgan fingerprint density at radius 2 is 1.06 bits per heavy atom. The van der Waals surface area contributed by atoms with Crippen LogP contribution >= 0.6 is 56.7 Å². The standard InChI is InChI=1S/C44H56N2OS5/c1-6-9-12-15-18-32-29-40(38-26-25-37(50-38)36-23-21-35(48-36)27-28-46-44(47)31(4)45-5)51-43(32)41-30-33(19-16-13-10-7-2)42(52-41)39-24-22-34(49-39)20-17-14-11-8-3/h21-26,29-31H,6-20,27-28H2,1-4H3,(H,46,47)/t31-/m0/s1. The number of thiophene rings is 5. The van der Waals surface area contributed by atoms with Gasteiger partial charge in [0.15, 0.2) is 0 Å². The Morgan fingerprint density at radius 3 is 1.69 bits per heavy atom. The summed E-state index contributed by atoms with van der Waals surface area (Å²) in [6, 6.07) is 18.2. The molecule has 0 saturated heterocycles. The number of hydrogen-bond donors (Lipinski definition) is 1. The highest BCUT2D eigenvalue weighted by Gasteiger charge is 2.20. The SMILES string of the molecule is [C-]#[N+][C@@H](C)C(=O)NCCc1ccc(-c2ccc(-c3cc(CCCCCC)c(-c4cc(CCCCCC)c(-c5ccc(CCCCCC)s5)s4)s3)s2)s1. The summed E-state index contributed by atoms with van der Waals surface area (Å²) in [5.74, 6) is -0.189. The fraction of sp³-hybridized carbons (Fsp3) is 0.500. The summed E-state index contributed by atoms with van der Waals surface area (Å²) in [6.07, 6.45) is 19.9.